The van der Waals surface area contributed by atoms with Gasteiger partial charge < -0.3 is 23.7 Å². The molecule has 112 valence electrons. The van der Waals surface area contributed by atoms with Gasteiger partial charge in [-0.2, -0.15) is 0 Å². The first-order valence-corrected chi connectivity index (χ1v) is 7.01. The Bertz CT molecular complexity index is 204. The number of hydrogen-bond donors (Lipinski definition) is 0. The zero-order chi connectivity index (χ0) is 13.6. The van der Waals surface area contributed by atoms with Gasteiger partial charge in [0, 0.05) is 6.61 Å². The Morgan fingerprint density at radius 1 is 0.947 bits per heavy atom. The largest absolute Gasteiger partial charge is 0.377 e. The van der Waals surface area contributed by atoms with E-state index in [4.69, 9.17) is 23.7 Å². The Kier molecular flexibility index (Phi) is 11.0. The van der Waals surface area contributed by atoms with E-state index in [1.165, 1.54) is 6.42 Å². The fourth-order valence-corrected chi connectivity index (χ4v) is 1.69. The van der Waals surface area contributed by atoms with Crippen LogP contribution in [0.25, 0.3) is 0 Å². The van der Waals surface area contributed by atoms with Crippen molar-refractivity contribution in [1.82, 2.24) is 0 Å². The molecule has 1 aliphatic heterocycles. The van der Waals surface area contributed by atoms with Crippen LogP contribution in [-0.4, -0.2) is 59.1 Å². The second kappa shape index (κ2) is 12.6. The summed E-state index contributed by atoms with van der Waals surface area (Å²) in [6.07, 6.45) is 5.01. The van der Waals surface area contributed by atoms with E-state index in [9.17, 15) is 0 Å². The smallest absolute Gasteiger partial charge is 0.157 e. The molecule has 5 heteroatoms. The van der Waals surface area contributed by atoms with Crippen LogP contribution in [0.5, 0.6) is 0 Å². The minimum absolute atomic E-state index is 0.0318. The number of ether oxygens (including phenoxy) is 5. The van der Waals surface area contributed by atoms with Crippen molar-refractivity contribution in [2.24, 2.45) is 0 Å². The Morgan fingerprint density at radius 2 is 1.63 bits per heavy atom. The third-order valence-corrected chi connectivity index (χ3v) is 2.65. The van der Waals surface area contributed by atoms with Crippen LogP contribution in [-0.2, 0) is 23.7 Å². The molecule has 0 aliphatic carbocycles. The van der Waals surface area contributed by atoms with Crippen LogP contribution in [0.4, 0.5) is 0 Å². The summed E-state index contributed by atoms with van der Waals surface area (Å²) in [5.74, 6) is 0. The molecule has 0 aromatic heterocycles. The third kappa shape index (κ3) is 10.0. The Labute approximate surface area is 115 Å². The van der Waals surface area contributed by atoms with Crippen molar-refractivity contribution in [2.75, 3.05) is 52.9 Å². The highest BCUT2D eigenvalue weighted by molar-refractivity contribution is 4.63. The lowest BCUT2D eigenvalue weighted by Crippen LogP contribution is -2.24. The average Bonchev–Trinajstić information content (AvgIpc) is 2.46. The SMILES string of the molecule is C=CCOCCOCCOCCOC1CCCCO1. The molecule has 0 bridgehead atoms. The Hall–Kier alpha value is -0.460. The minimum Gasteiger partial charge on any atom is -0.377 e. The van der Waals surface area contributed by atoms with Gasteiger partial charge in [-0.1, -0.05) is 6.08 Å². The minimum atomic E-state index is -0.0318. The fraction of sp³-hybridized carbons (Fsp3) is 0.857. The van der Waals surface area contributed by atoms with E-state index in [-0.39, 0.29) is 6.29 Å². The normalized spacial score (nSPS) is 19.5. The van der Waals surface area contributed by atoms with Crippen LogP contribution in [0, 0.1) is 0 Å². The van der Waals surface area contributed by atoms with Gasteiger partial charge in [0.25, 0.3) is 0 Å². The second-order valence-corrected chi connectivity index (χ2v) is 4.26. The van der Waals surface area contributed by atoms with Gasteiger partial charge in [0.1, 0.15) is 0 Å². The summed E-state index contributed by atoms with van der Waals surface area (Å²) in [5.41, 5.74) is 0. The van der Waals surface area contributed by atoms with Crippen LogP contribution in [0.15, 0.2) is 12.7 Å². The molecular weight excluding hydrogens is 248 g/mol. The molecule has 1 saturated heterocycles. The van der Waals surface area contributed by atoms with Crippen molar-refractivity contribution in [3.05, 3.63) is 12.7 Å². The highest BCUT2D eigenvalue weighted by atomic mass is 16.7. The Morgan fingerprint density at radius 3 is 2.26 bits per heavy atom. The number of hydrogen-bond acceptors (Lipinski definition) is 5. The van der Waals surface area contributed by atoms with Crippen LogP contribution in [0.2, 0.25) is 0 Å². The molecule has 1 fully saturated rings. The van der Waals surface area contributed by atoms with E-state index in [1.807, 2.05) is 0 Å². The Balaban J connectivity index is 1.72. The molecule has 5 nitrogen and oxygen atoms in total. The van der Waals surface area contributed by atoms with E-state index in [0.29, 0.717) is 46.2 Å². The quantitative estimate of drug-likeness (QED) is 0.401. The molecule has 1 unspecified atom stereocenters. The lowest BCUT2D eigenvalue weighted by molar-refractivity contribution is -0.169. The molecule has 0 radical (unpaired) electrons. The van der Waals surface area contributed by atoms with Gasteiger partial charge in [-0.15, -0.1) is 6.58 Å². The molecule has 0 aromatic rings. The maximum Gasteiger partial charge on any atom is 0.157 e. The van der Waals surface area contributed by atoms with Gasteiger partial charge in [0.15, 0.2) is 6.29 Å². The van der Waals surface area contributed by atoms with Crippen LogP contribution >= 0.6 is 0 Å². The second-order valence-electron chi connectivity index (χ2n) is 4.26. The molecule has 0 N–H and O–H groups in total. The average molecular weight is 274 g/mol. The summed E-state index contributed by atoms with van der Waals surface area (Å²) in [6, 6.07) is 0. The van der Waals surface area contributed by atoms with Crippen molar-refractivity contribution >= 4 is 0 Å². The number of rotatable bonds is 12. The van der Waals surface area contributed by atoms with Crippen molar-refractivity contribution in [2.45, 2.75) is 25.6 Å². The molecule has 0 amide bonds. The summed E-state index contributed by atoms with van der Waals surface area (Å²) in [6.45, 7) is 8.44. The molecule has 0 saturated carbocycles. The lowest BCUT2D eigenvalue weighted by atomic mass is 10.2. The van der Waals surface area contributed by atoms with Crippen LogP contribution in [0.1, 0.15) is 19.3 Å². The molecule has 1 rings (SSSR count). The maximum atomic E-state index is 5.54. The zero-order valence-corrected chi connectivity index (χ0v) is 11.7. The van der Waals surface area contributed by atoms with Gasteiger partial charge >= 0.3 is 0 Å². The first kappa shape index (κ1) is 16.6. The van der Waals surface area contributed by atoms with Gasteiger partial charge in [-0.25, -0.2) is 0 Å². The summed E-state index contributed by atoms with van der Waals surface area (Å²) in [4.78, 5) is 0. The van der Waals surface area contributed by atoms with E-state index >= 15 is 0 Å². The van der Waals surface area contributed by atoms with Crippen molar-refractivity contribution < 1.29 is 23.7 Å². The molecule has 1 atom stereocenters. The van der Waals surface area contributed by atoms with Crippen LogP contribution in [0.3, 0.4) is 0 Å². The third-order valence-electron chi connectivity index (χ3n) is 2.65. The highest BCUT2D eigenvalue weighted by Gasteiger charge is 2.13. The molecule has 0 aromatic carbocycles. The van der Waals surface area contributed by atoms with Gasteiger partial charge in [0.2, 0.25) is 0 Å². The molecule has 19 heavy (non-hydrogen) atoms. The standard InChI is InChI=1S/C14H26O5/c1-2-6-15-8-9-16-10-11-17-12-13-19-14-5-3-4-7-18-14/h2,14H,1,3-13H2. The first-order chi connectivity index (χ1) is 9.43. The fourth-order valence-electron chi connectivity index (χ4n) is 1.69. The van der Waals surface area contributed by atoms with E-state index < -0.39 is 0 Å². The topological polar surface area (TPSA) is 46.2 Å². The highest BCUT2D eigenvalue weighted by Crippen LogP contribution is 2.13. The predicted octanol–water partition coefficient (Wildman–Crippen LogP) is 1.77. The summed E-state index contributed by atoms with van der Waals surface area (Å²) < 4.78 is 26.9. The molecule has 0 spiro atoms. The van der Waals surface area contributed by atoms with Gasteiger partial charge in [-0.3, -0.25) is 0 Å². The molecule has 1 aliphatic rings. The lowest BCUT2D eigenvalue weighted by Gasteiger charge is -2.22. The van der Waals surface area contributed by atoms with E-state index in [0.717, 1.165) is 19.4 Å². The van der Waals surface area contributed by atoms with Gasteiger partial charge in [-0.05, 0) is 19.3 Å². The monoisotopic (exact) mass is 274 g/mol. The zero-order valence-electron chi connectivity index (χ0n) is 11.7. The van der Waals surface area contributed by atoms with Crippen molar-refractivity contribution in [3.8, 4) is 0 Å². The van der Waals surface area contributed by atoms with E-state index in [2.05, 4.69) is 6.58 Å². The van der Waals surface area contributed by atoms with Crippen molar-refractivity contribution in [1.29, 1.82) is 0 Å². The first-order valence-electron chi connectivity index (χ1n) is 7.01. The summed E-state index contributed by atoms with van der Waals surface area (Å²) >= 11 is 0. The molecule has 1 heterocycles. The summed E-state index contributed by atoms with van der Waals surface area (Å²) in [7, 11) is 0. The van der Waals surface area contributed by atoms with E-state index in [1.54, 1.807) is 6.08 Å². The molecular formula is C14H26O5. The predicted molar refractivity (Wildman–Crippen MR) is 72.2 cm³/mol. The van der Waals surface area contributed by atoms with Gasteiger partial charge in [0.05, 0.1) is 46.2 Å². The van der Waals surface area contributed by atoms with Crippen molar-refractivity contribution in [3.63, 3.8) is 0 Å². The maximum absolute atomic E-state index is 5.54. The summed E-state index contributed by atoms with van der Waals surface area (Å²) in [5, 5.41) is 0. The van der Waals surface area contributed by atoms with Crippen LogP contribution < -0.4 is 0 Å².